The number of esters is 1. The number of hydrogen-bond acceptors (Lipinski definition) is 2. The third-order valence-corrected chi connectivity index (χ3v) is 2.56. The van der Waals surface area contributed by atoms with E-state index in [0.717, 1.165) is 19.3 Å². The van der Waals surface area contributed by atoms with Crippen molar-refractivity contribution in [3.63, 3.8) is 0 Å². The molecule has 0 aromatic rings. The van der Waals surface area contributed by atoms with Crippen LogP contribution in [0.25, 0.3) is 0 Å². The van der Waals surface area contributed by atoms with E-state index >= 15 is 0 Å². The normalized spacial score (nSPS) is 34.3. The first kappa shape index (κ1) is 7.59. The third-order valence-electron chi connectivity index (χ3n) is 2.56. The van der Waals surface area contributed by atoms with Crippen molar-refractivity contribution in [3.05, 3.63) is 24.3 Å². The molecule has 0 spiro atoms. The minimum absolute atomic E-state index is 0.0208. The molecule has 0 radical (unpaired) electrons. The van der Waals surface area contributed by atoms with Crippen molar-refractivity contribution in [3.8, 4) is 0 Å². The second-order valence-corrected chi connectivity index (χ2v) is 3.36. The Morgan fingerprint density at radius 3 is 3.25 bits per heavy atom. The Bertz CT molecular complexity index is 253. The quantitative estimate of drug-likeness (QED) is 0.310. The maximum absolute atomic E-state index is 11.1. The fourth-order valence-electron chi connectivity index (χ4n) is 1.83. The summed E-state index contributed by atoms with van der Waals surface area (Å²) < 4.78 is 5.13. The highest BCUT2D eigenvalue weighted by molar-refractivity contribution is 5.91. The monoisotopic (exact) mass is 164 g/mol. The van der Waals surface area contributed by atoms with E-state index in [2.05, 4.69) is 12.7 Å². The Morgan fingerprint density at radius 2 is 2.42 bits per heavy atom. The van der Waals surface area contributed by atoms with Crippen LogP contribution in [-0.4, -0.2) is 12.1 Å². The lowest BCUT2D eigenvalue weighted by molar-refractivity contribution is -0.137. The molecule has 1 fully saturated rings. The van der Waals surface area contributed by atoms with Crippen molar-refractivity contribution in [2.45, 2.75) is 25.4 Å². The van der Waals surface area contributed by atoms with Crippen molar-refractivity contribution in [2.75, 3.05) is 0 Å². The maximum Gasteiger partial charge on any atom is 0.334 e. The lowest BCUT2D eigenvalue weighted by Crippen LogP contribution is -2.11. The summed E-state index contributed by atoms with van der Waals surface area (Å²) in [6, 6.07) is 0. The van der Waals surface area contributed by atoms with E-state index in [0.29, 0.717) is 5.57 Å². The predicted molar refractivity (Wildman–Crippen MR) is 45.5 cm³/mol. The smallest absolute Gasteiger partial charge is 0.334 e. The molecule has 0 bridgehead atoms. The number of carbonyl (C=O) groups excluding carboxylic acids is 1. The van der Waals surface area contributed by atoms with Gasteiger partial charge in [-0.25, -0.2) is 4.79 Å². The highest BCUT2D eigenvalue weighted by Gasteiger charge is 2.36. The van der Waals surface area contributed by atoms with E-state index in [4.69, 9.17) is 4.74 Å². The molecule has 1 aliphatic carbocycles. The number of carbonyl (C=O) groups is 1. The van der Waals surface area contributed by atoms with Gasteiger partial charge in [0, 0.05) is 11.5 Å². The Hall–Kier alpha value is -1.05. The van der Waals surface area contributed by atoms with Gasteiger partial charge in [0.15, 0.2) is 0 Å². The topological polar surface area (TPSA) is 26.3 Å². The van der Waals surface area contributed by atoms with Crippen LogP contribution in [0.1, 0.15) is 19.3 Å². The van der Waals surface area contributed by atoms with E-state index in [9.17, 15) is 4.79 Å². The van der Waals surface area contributed by atoms with Crippen LogP contribution < -0.4 is 0 Å². The molecule has 0 aromatic heterocycles. The Morgan fingerprint density at radius 1 is 1.58 bits per heavy atom. The highest BCUT2D eigenvalue weighted by atomic mass is 16.5. The summed E-state index contributed by atoms with van der Waals surface area (Å²) in [4.78, 5) is 11.1. The number of ether oxygens (including phenoxy) is 1. The van der Waals surface area contributed by atoms with Gasteiger partial charge >= 0.3 is 5.97 Å². The summed E-state index contributed by atoms with van der Waals surface area (Å²) in [5, 5.41) is 0. The second-order valence-electron chi connectivity index (χ2n) is 3.36. The van der Waals surface area contributed by atoms with E-state index in [1.165, 1.54) is 0 Å². The Balaban J connectivity index is 2.23. The van der Waals surface area contributed by atoms with Crippen molar-refractivity contribution in [1.82, 2.24) is 0 Å². The summed E-state index contributed by atoms with van der Waals surface area (Å²) in [5.74, 6) is 0.0350. The van der Waals surface area contributed by atoms with Crippen molar-refractivity contribution < 1.29 is 9.53 Å². The van der Waals surface area contributed by atoms with Crippen LogP contribution in [0.5, 0.6) is 0 Å². The summed E-state index contributed by atoms with van der Waals surface area (Å²) in [6.45, 7) is 3.75. The van der Waals surface area contributed by atoms with Gasteiger partial charge < -0.3 is 4.74 Å². The van der Waals surface area contributed by atoms with Crippen LogP contribution in [0.4, 0.5) is 0 Å². The van der Waals surface area contributed by atoms with E-state index in [1.54, 1.807) is 0 Å². The minimum atomic E-state index is -0.212. The average Bonchev–Trinajstić information content (AvgIpc) is 2.30. The molecule has 2 atom stereocenters. The van der Waals surface area contributed by atoms with Crippen LogP contribution in [0.2, 0.25) is 0 Å². The van der Waals surface area contributed by atoms with Crippen molar-refractivity contribution in [2.24, 2.45) is 5.92 Å². The molecule has 64 valence electrons. The van der Waals surface area contributed by atoms with Gasteiger partial charge in [-0.3, -0.25) is 0 Å². The zero-order valence-electron chi connectivity index (χ0n) is 6.95. The van der Waals surface area contributed by atoms with E-state index < -0.39 is 0 Å². The Kier molecular flexibility index (Phi) is 1.75. The molecule has 12 heavy (non-hydrogen) atoms. The zero-order chi connectivity index (χ0) is 8.55. The van der Waals surface area contributed by atoms with Gasteiger partial charge in [0.25, 0.3) is 0 Å². The van der Waals surface area contributed by atoms with Gasteiger partial charge in [-0.2, -0.15) is 0 Å². The van der Waals surface area contributed by atoms with Crippen LogP contribution in [0, 0.1) is 5.92 Å². The highest BCUT2D eigenvalue weighted by Crippen LogP contribution is 2.33. The van der Waals surface area contributed by atoms with Gasteiger partial charge in [0.1, 0.15) is 6.10 Å². The summed E-state index contributed by atoms with van der Waals surface area (Å²) in [6.07, 6.45) is 7.32. The van der Waals surface area contributed by atoms with E-state index in [-0.39, 0.29) is 18.0 Å². The maximum atomic E-state index is 11.1. The van der Waals surface area contributed by atoms with Gasteiger partial charge in [0.05, 0.1) is 0 Å². The van der Waals surface area contributed by atoms with Crippen molar-refractivity contribution >= 4 is 5.97 Å². The lowest BCUT2D eigenvalue weighted by atomic mass is 9.93. The predicted octanol–water partition coefficient (Wildman–Crippen LogP) is 1.82. The van der Waals surface area contributed by atoms with Crippen LogP contribution in [-0.2, 0) is 9.53 Å². The first-order chi connectivity index (χ1) is 5.79. The lowest BCUT2D eigenvalue weighted by Gasteiger charge is -2.10. The molecule has 1 heterocycles. The molecule has 1 aliphatic heterocycles. The van der Waals surface area contributed by atoms with Gasteiger partial charge in [-0.05, 0) is 25.3 Å². The molecule has 0 saturated carbocycles. The molecule has 0 aromatic carbocycles. The van der Waals surface area contributed by atoms with Crippen LogP contribution in [0.15, 0.2) is 24.3 Å². The van der Waals surface area contributed by atoms with Crippen LogP contribution in [0.3, 0.4) is 0 Å². The van der Waals surface area contributed by atoms with Crippen LogP contribution >= 0.6 is 0 Å². The molecule has 2 nitrogen and oxygen atoms in total. The number of rotatable bonds is 0. The first-order valence-electron chi connectivity index (χ1n) is 4.35. The second kappa shape index (κ2) is 2.77. The molecule has 1 saturated heterocycles. The number of fused-ring (bicyclic) bond motifs is 1. The molecular formula is C10H12O2. The molecule has 0 N–H and O–H groups in total. The standard InChI is InChI=1S/C10H12O2/c1-7-8-5-3-2-4-6-9(8)12-10(7)11/h4,6,8-9H,1-3,5H2/t8-,9-/m1/s1. The molecule has 0 amide bonds. The third kappa shape index (κ3) is 1.07. The largest absolute Gasteiger partial charge is 0.454 e. The molecule has 2 heteroatoms. The van der Waals surface area contributed by atoms with Gasteiger partial charge in [-0.15, -0.1) is 0 Å². The first-order valence-corrected chi connectivity index (χ1v) is 4.35. The summed E-state index contributed by atoms with van der Waals surface area (Å²) in [7, 11) is 0. The summed E-state index contributed by atoms with van der Waals surface area (Å²) in [5.41, 5.74) is 0.659. The van der Waals surface area contributed by atoms with Gasteiger partial charge in [0.2, 0.25) is 0 Å². The molecular weight excluding hydrogens is 152 g/mol. The fourth-order valence-corrected chi connectivity index (χ4v) is 1.83. The number of allylic oxidation sites excluding steroid dienone is 1. The van der Waals surface area contributed by atoms with Gasteiger partial charge in [-0.1, -0.05) is 12.7 Å². The fraction of sp³-hybridized carbons (Fsp3) is 0.500. The molecule has 2 aliphatic rings. The number of hydrogen-bond donors (Lipinski definition) is 0. The molecule has 2 rings (SSSR count). The average molecular weight is 164 g/mol. The SMILES string of the molecule is C=C1C(=O)O[C@@H]2C=CCCC[C@H]12. The summed E-state index contributed by atoms with van der Waals surface area (Å²) >= 11 is 0. The van der Waals surface area contributed by atoms with Crippen molar-refractivity contribution in [1.29, 1.82) is 0 Å². The minimum Gasteiger partial charge on any atom is -0.454 e. The molecule has 0 unspecified atom stereocenters. The Labute approximate surface area is 71.9 Å². The zero-order valence-corrected chi connectivity index (χ0v) is 6.95. The van der Waals surface area contributed by atoms with E-state index in [1.807, 2.05) is 6.08 Å².